The first-order valence-corrected chi connectivity index (χ1v) is 7.22. The summed E-state index contributed by atoms with van der Waals surface area (Å²) in [5.41, 5.74) is 1.41. The molecular formula is C11H13N3O3S2. The molecule has 0 saturated heterocycles. The number of benzene rings is 1. The van der Waals surface area contributed by atoms with Gasteiger partial charge in [0, 0.05) is 21.8 Å². The molecule has 0 aromatic heterocycles. The van der Waals surface area contributed by atoms with E-state index in [9.17, 15) is 0 Å². The van der Waals surface area contributed by atoms with Crippen LogP contribution in [0.15, 0.2) is 23.1 Å². The Morgan fingerprint density at radius 3 is 2.79 bits per heavy atom. The molecule has 1 aromatic carbocycles. The highest BCUT2D eigenvalue weighted by molar-refractivity contribution is 7.94. The second kappa shape index (κ2) is 6.92. The van der Waals surface area contributed by atoms with Gasteiger partial charge in [0.05, 0.1) is 18.6 Å². The third-order valence-electron chi connectivity index (χ3n) is 2.42. The highest BCUT2D eigenvalue weighted by atomic mass is 32.2. The highest BCUT2D eigenvalue weighted by Crippen LogP contribution is 2.25. The van der Waals surface area contributed by atoms with Gasteiger partial charge in [0.2, 0.25) is 0 Å². The number of rotatable bonds is 7. The minimum Gasteiger partial charge on any atom is -0.330 e. The molecule has 0 radical (unpaired) electrons. The van der Waals surface area contributed by atoms with Gasteiger partial charge >= 0.3 is 0 Å². The Hall–Kier alpha value is -1.06. The Balaban J connectivity index is 1.84. The lowest BCUT2D eigenvalue weighted by atomic mass is 10.1. The molecule has 2 rings (SSSR count). The summed E-state index contributed by atoms with van der Waals surface area (Å²) in [6.07, 6.45) is 0.706. The van der Waals surface area contributed by atoms with E-state index in [1.807, 2.05) is 6.07 Å². The number of amidine groups is 2. The van der Waals surface area contributed by atoms with Crippen molar-refractivity contribution < 1.29 is 13.8 Å². The first-order valence-electron chi connectivity index (χ1n) is 5.54. The van der Waals surface area contributed by atoms with Crippen molar-refractivity contribution in [3.8, 4) is 0 Å². The van der Waals surface area contributed by atoms with Crippen LogP contribution in [0.5, 0.6) is 0 Å². The molecule has 8 heteroatoms. The Morgan fingerprint density at radius 1 is 1.21 bits per heavy atom. The minimum atomic E-state index is 0.225. The van der Waals surface area contributed by atoms with E-state index in [1.54, 1.807) is 12.1 Å². The fraction of sp³-hybridized carbons (Fsp3) is 0.273. The van der Waals surface area contributed by atoms with Crippen molar-refractivity contribution in [3.63, 3.8) is 0 Å². The van der Waals surface area contributed by atoms with E-state index in [0.717, 1.165) is 34.5 Å². The molecule has 0 unspecified atom stereocenters. The molecule has 0 bridgehead atoms. The van der Waals surface area contributed by atoms with Crippen molar-refractivity contribution in [1.82, 2.24) is 5.32 Å². The molecule has 0 amide bonds. The fourth-order valence-electron chi connectivity index (χ4n) is 1.54. The first kappa shape index (κ1) is 14.4. The molecule has 0 aliphatic carbocycles. The van der Waals surface area contributed by atoms with Crippen molar-refractivity contribution in [2.45, 2.75) is 11.3 Å². The third-order valence-corrected chi connectivity index (χ3v) is 3.50. The van der Waals surface area contributed by atoms with Crippen molar-refractivity contribution in [1.29, 1.82) is 10.8 Å². The zero-order valence-electron chi connectivity index (χ0n) is 9.93. The van der Waals surface area contributed by atoms with Gasteiger partial charge in [-0.2, -0.15) is 4.33 Å². The average Bonchev–Trinajstić information content (AvgIpc) is 2.69. The van der Waals surface area contributed by atoms with E-state index in [1.165, 1.54) is 0 Å². The quantitative estimate of drug-likeness (QED) is 0.267. The lowest BCUT2D eigenvalue weighted by Gasteiger charge is -2.03. The summed E-state index contributed by atoms with van der Waals surface area (Å²) in [7, 11) is 0. The molecule has 6 nitrogen and oxygen atoms in total. The van der Waals surface area contributed by atoms with Crippen molar-refractivity contribution in [2.75, 3.05) is 12.4 Å². The Bertz CT molecular complexity index is 496. The monoisotopic (exact) mass is 299 g/mol. The zero-order chi connectivity index (χ0) is 13.7. The summed E-state index contributed by atoms with van der Waals surface area (Å²) in [6.45, 7) is 0.410. The van der Waals surface area contributed by atoms with E-state index < -0.39 is 0 Å². The summed E-state index contributed by atoms with van der Waals surface area (Å²) < 4.78 is 13.5. The minimum absolute atomic E-state index is 0.225. The molecule has 1 aromatic rings. The maximum atomic E-state index is 8.51. The van der Waals surface area contributed by atoms with Crippen LogP contribution in [0, 0.1) is 10.8 Å². The van der Waals surface area contributed by atoms with Gasteiger partial charge in [0.15, 0.2) is 0 Å². The molecule has 0 fully saturated rings. The molecule has 4 N–H and O–H groups in total. The molecule has 1 aliphatic heterocycles. The SMILES string of the molecule is N=C1NC(=N)c2cc(SOOCCCSO)ccc21. The van der Waals surface area contributed by atoms with Crippen molar-refractivity contribution in [3.05, 3.63) is 29.3 Å². The predicted molar refractivity (Wildman–Crippen MR) is 75.8 cm³/mol. The lowest BCUT2D eigenvalue weighted by molar-refractivity contribution is -0.190. The Kier molecular flexibility index (Phi) is 5.23. The van der Waals surface area contributed by atoms with E-state index >= 15 is 0 Å². The van der Waals surface area contributed by atoms with Crippen LogP contribution in [0.3, 0.4) is 0 Å². The molecular weight excluding hydrogens is 286 g/mol. The van der Waals surface area contributed by atoms with Crippen LogP contribution in [-0.2, 0) is 9.22 Å². The summed E-state index contributed by atoms with van der Waals surface area (Å²) in [6, 6.07) is 5.37. The van der Waals surface area contributed by atoms with Crippen LogP contribution in [0.1, 0.15) is 17.5 Å². The molecule has 19 heavy (non-hydrogen) atoms. The van der Waals surface area contributed by atoms with Gasteiger partial charge in [-0.3, -0.25) is 10.8 Å². The van der Waals surface area contributed by atoms with Crippen molar-refractivity contribution >= 4 is 35.8 Å². The van der Waals surface area contributed by atoms with Crippen LogP contribution < -0.4 is 5.32 Å². The highest BCUT2D eigenvalue weighted by Gasteiger charge is 2.21. The standard InChI is InChI=1S/C11H13N3O3S2/c12-10-8-3-2-7(6-9(8)11(13)14-10)19-17-16-4-1-5-18-15/h2-3,6,15H,1,4-5H2,(H3,12,13,14). The maximum absolute atomic E-state index is 8.51. The topological polar surface area (TPSA) is 98.4 Å². The average molecular weight is 299 g/mol. The predicted octanol–water partition coefficient (Wildman–Crippen LogP) is 2.49. The maximum Gasteiger partial charge on any atom is 0.131 e. The molecule has 0 saturated carbocycles. The van der Waals surface area contributed by atoms with E-state index in [-0.39, 0.29) is 11.7 Å². The van der Waals surface area contributed by atoms with Gasteiger partial charge in [0.25, 0.3) is 0 Å². The van der Waals surface area contributed by atoms with Crippen LogP contribution in [-0.4, -0.2) is 28.6 Å². The van der Waals surface area contributed by atoms with Crippen LogP contribution in [0.2, 0.25) is 0 Å². The van der Waals surface area contributed by atoms with Crippen molar-refractivity contribution in [2.24, 2.45) is 0 Å². The van der Waals surface area contributed by atoms with Gasteiger partial charge in [-0.05, 0) is 36.7 Å². The lowest BCUT2D eigenvalue weighted by Crippen LogP contribution is -2.20. The first-order chi connectivity index (χ1) is 9.22. The number of hydrogen-bond donors (Lipinski definition) is 4. The number of fused-ring (bicyclic) bond motifs is 1. The molecule has 1 aliphatic rings. The van der Waals surface area contributed by atoms with E-state index in [4.69, 9.17) is 24.6 Å². The van der Waals surface area contributed by atoms with Crippen LogP contribution in [0.25, 0.3) is 0 Å². The van der Waals surface area contributed by atoms with Gasteiger partial charge in [-0.1, -0.05) is 0 Å². The zero-order valence-corrected chi connectivity index (χ0v) is 11.6. The number of nitrogens with one attached hydrogen (secondary N) is 3. The van der Waals surface area contributed by atoms with Gasteiger partial charge in [-0.25, -0.2) is 4.89 Å². The normalized spacial score (nSPS) is 13.5. The fourth-order valence-corrected chi connectivity index (χ4v) is 2.27. The summed E-state index contributed by atoms with van der Waals surface area (Å²) >= 11 is 1.84. The van der Waals surface area contributed by atoms with Crippen LogP contribution >= 0.6 is 24.1 Å². The number of hydrogen-bond acceptors (Lipinski definition) is 7. The molecule has 1 heterocycles. The molecule has 0 atom stereocenters. The van der Waals surface area contributed by atoms with E-state index in [0.29, 0.717) is 24.3 Å². The van der Waals surface area contributed by atoms with Gasteiger partial charge in [-0.15, -0.1) is 0 Å². The smallest absolute Gasteiger partial charge is 0.131 e. The Morgan fingerprint density at radius 2 is 2.00 bits per heavy atom. The second-order valence-electron chi connectivity index (χ2n) is 3.74. The Labute approximate surface area is 119 Å². The molecule has 102 valence electrons. The van der Waals surface area contributed by atoms with E-state index in [2.05, 4.69) is 5.32 Å². The third kappa shape index (κ3) is 3.71. The molecule has 0 spiro atoms. The van der Waals surface area contributed by atoms with Gasteiger partial charge < -0.3 is 9.87 Å². The summed E-state index contributed by atoms with van der Waals surface area (Å²) in [4.78, 5) is 5.74. The van der Waals surface area contributed by atoms with Crippen LogP contribution in [0.4, 0.5) is 0 Å². The second-order valence-corrected chi connectivity index (χ2v) is 5.18. The van der Waals surface area contributed by atoms with Gasteiger partial charge in [0.1, 0.15) is 11.7 Å². The summed E-state index contributed by atoms with van der Waals surface area (Å²) in [5.74, 6) is 1.08. The summed E-state index contributed by atoms with van der Waals surface area (Å²) in [5, 5.41) is 18.0. The largest absolute Gasteiger partial charge is 0.330 e.